The van der Waals surface area contributed by atoms with Gasteiger partial charge in [-0.25, -0.2) is 9.97 Å². The van der Waals surface area contributed by atoms with Crippen LogP contribution in [0.4, 0.5) is 5.95 Å². The molecule has 3 aliphatic rings. The van der Waals surface area contributed by atoms with Crippen molar-refractivity contribution in [1.82, 2.24) is 14.9 Å². The highest BCUT2D eigenvalue weighted by molar-refractivity contribution is 5.97. The van der Waals surface area contributed by atoms with Gasteiger partial charge in [0.15, 0.2) is 0 Å². The molecule has 4 rings (SSSR count). The van der Waals surface area contributed by atoms with Crippen LogP contribution in [-0.2, 0) is 6.54 Å². The Kier molecular flexibility index (Phi) is 4.39. The zero-order valence-electron chi connectivity index (χ0n) is 14.2. The van der Waals surface area contributed by atoms with E-state index in [2.05, 4.69) is 9.88 Å². The predicted molar refractivity (Wildman–Crippen MR) is 90.8 cm³/mol. The molecule has 0 radical (unpaired) electrons. The minimum Gasteiger partial charge on any atom is -0.393 e. The number of fused-ring (bicyclic) bond motifs is 1. The molecule has 0 spiro atoms. The van der Waals surface area contributed by atoms with E-state index in [4.69, 9.17) is 4.98 Å². The molecule has 2 fully saturated rings. The van der Waals surface area contributed by atoms with Gasteiger partial charge in [-0.2, -0.15) is 0 Å². The van der Waals surface area contributed by atoms with Crippen LogP contribution in [0, 0.1) is 0 Å². The highest BCUT2D eigenvalue weighted by Crippen LogP contribution is 2.30. The highest BCUT2D eigenvalue weighted by atomic mass is 16.3. The van der Waals surface area contributed by atoms with Gasteiger partial charge in [-0.15, -0.1) is 0 Å². The molecule has 130 valence electrons. The van der Waals surface area contributed by atoms with Crippen molar-refractivity contribution in [3.63, 3.8) is 0 Å². The Morgan fingerprint density at radius 1 is 1.04 bits per heavy atom. The molecule has 3 heterocycles. The number of amides is 1. The lowest BCUT2D eigenvalue weighted by Gasteiger charge is -2.29. The summed E-state index contributed by atoms with van der Waals surface area (Å²) in [5.74, 6) is 0.814. The highest BCUT2D eigenvalue weighted by Gasteiger charge is 2.35. The van der Waals surface area contributed by atoms with Gasteiger partial charge in [0.1, 0.15) is 0 Å². The van der Waals surface area contributed by atoms with Crippen LogP contribution in [-0.4, -0.2) is 51.1 Å². The predicted octanol–water partition coefficient (Wildman–Crippen LogP) is 2.12. The van der Waals surface area contributed by atoms with E-state index in [9.17, 15) is 9.90 Å². The monoisotopic (exact) mass is 330 g/mol. The van der Waals surface area contributed by atoms with Crippen LogP contribution in [0.1, 0.15) is 67.4 Å². The van der Waals surface area contributed by atoms with Gasteiger partial charge in [0, 0.05) is 25.3 Å². The third-order valence-corrected chi connectivity index (χ3v) is 5.68. The number of carbonyl (C=O) groups is 1. The van der Waals surface area contributed by atoms with Gasteiger partial charge in [-0.1, -0.05) is 25.7 Å². The molecule has 1 amide bonds. The van der Waals surface area contributed by atoms with Gasteiger partial charge in [0.2, 0.25) is 5.95 Å². The molecule has 1 saturated heterocycles. The summed E-state index contributed by atoms with van der Waals surface area (Å²) in [6.45, 7) is 2.19. The van der Waals surface area contributed by atoms with Gasteiger partial charge in [-0.3, -0.25) is 4.79 Å². The average molecular weight is 330 g/mol. The second-order valence-electron chi connectivity index (χ2n) is 7.33. The maximum atomic E-state index is 12.7. The number of hydrogen-bond donors (Lipinski definition) is 1. The molecule has 0 aromatic carbocycles. The summed E-state index contributed by atoms with van der Waals surface area (Å²) in [5, 5.41) is 9.65. The third kappa shape index (κ3) is 2.99. The number of anilines is 1. The van der Waals surface area contributed by atoms with E-state index in [-0.39, 0.29) is 12.0 Å². The molecule has 6 nitrogen and oxygen atoms in total. The molecule has 2 aliphatic heterocycles. The lowest BCUT2D eigenvalue weighted by atomic mass is 10.1. The van der Waals surface area contributed by atoms with Crippen LogP contribution >= 0.6 is 0 Å². The number of aliphatic hydroxyl groups is 1. The van der Waals surface area contributed by atoms with Gasteiger partial charge >= 0.3 is 0 Å². The van der Waals surface area contributed by atoms with Crippen molar-refractivity contribution in [3.05, 3.63) is 17.5 Å². The smallest absolute Gasteiger partial charge is 0.257 e. The third-order valence-electron chi connectivity index (χ3n) is 5.68. The topological polar surface area (TPSA) is 69.6 Å². The molecule has 0 unspecified atom stereocenters. The SMILES string of the molecule is O=C1c2cnc(N3CCC(O)CC3)nc2CN1C1CCCCCC1. The van der Waals surface area contributed by atoms with Crippen LogP contribution < -0.4 is 4.90 Å². The standard InChI is InChI=1S/C18H26N4O2/c23-14-7-9-21(10-8-14)18-19-11-15-16(20-18)12-22(17(15)24)13-5-3-1-2-4-6-13/h11,13-14,23H,1-10,12H2. The Bertz CT molecular complexity index is 605. The molecular weight excluding hydrogens is 304 g/mol. The van der Waals surface area contributed by atoms with Gasteiger partial charge in [-0.05, 0) is 25.7 Å². The van der Waals surface area contributed by atoms with E-state index in [1.807, 2.05) is 4.90 Å². The number of rotatable bonds is 2. The summed E-state index contributed by atoms with van der Waals surface area (Å²) in [7, 11) is 0. The van der Waals surface area contributed by atoms with E-state index >= 15 is 0 Å². The Morgan fingerprint density at radius 3 is 2.46 bits per heavy atom. The zero-order valence-corrected chi connectivity index (χ0v) is 14.2. The first-order valence-corrected chi connectivity index (χ1v) is 9.32. The normalized spacial score (nSPS) is 23.5. The molecule has 1 aromatic heterocycles. The van der Waals surface area contributed by atoms with E-state index in [0.717, 1.165) is 44.5 Å². The molecular formula is C18H26N4O2. The minimum atomic E-state index is -0.206. The maximum absolute atomic E-state index is 12.7. The first-order valence-electron chi connectivity index (χ1n) is 9.32. The quantitative estimate of drug-likeness (QED) is 0.841. The maximum Gasteiger partial charge on any atom is 0.257 e. The largest absolute Gasteiger partial charge is 0.393 e. The molecule has 0 atom stereocenters. The van der Waals surface area contributed by atoms with Crippen LogP contribution in [0.25, 0.3) is 0 Å². The number of carbonyl (C=O) groups excluding carboxylic acids is 1. The Labute approximate surface area is 142 Å². The van der Waals surface area contributed by atoms with E-state index < -0.39 is 0 Å². The number of aliphatic hydroxyl groups excluding tert-OH is 1. The second kappa shape index (κ2) is 6.67. The molecule has 24 heavy (non-hydrogen) atoms. The van der Waals surface area contributed by atoms with Crippen molar-refractivity contribution in [2.24, 2.45) is 0 Å². The fourth-order valence-corrected chi connectivity index (χ4v) is 4.18. The molecule has 1 aliphatic carbocycles. The number of piperidine rings is 1. The lowest BCUT2D eigenvalue weighted by molar-refractivity contribution is 0.0685. The van der Waals surface area contributed by atoms with Crippen molar-refractivity contribution in [2.75, 3.05) is 18.0 Å². The first kappa shape index (κ1) is 15.8. The Balaban J connectivity index is 1.50. The summed E-state index contributed by atoms with van der Waals surface area (Å²) < 4.78 is 0. The Hall–Kier alpha value is -1.69. The molecule has 1 saturated carbocycles. The summed E-state index contributed by atoms with van der Waals surface area (Å²) in [6.07, 6.45) is 10.3. The van der Waals surface area contributed by atoms with Crippen molar-refractivity contribution in [1.29, 1.82) is 0 Å². The summed E-state index contributed by atoms with van der Waals surface area (Å²) in [4.78, 5) is 26.0. The van der Waals surface area contributed by atoms with Crippen LogP contribution in [0.5, 0.6) is 0 Å². The van der Waals surface area contributed by atoms with Crippen LogP contribution in [0.15, 0.2) is 6.20 Å². The fraction of sp³-hybridized carbons (Fsp3) is 0.722. The number of hydrogen-bond acceptors (Lipinski definition) is 5. The summed E-state index contributed by atoms with van der Waals surface area (Å²) in [6, 6.07) is 0.364. The van der Waals surface area contributed by atoms with E-state index in [1.54, 1.807) is 6.20 Å². The van der Waals surface area contributed by atoms with Gasteiger partial charge < -0.3 is 14.9 Å². The van der Waals surface area contributed by atoms with Crippen LogP contribution in [0.2, 0.25) is 0 Å². The lowest BCUT2D eigenvalue weighted by Crippen LogP contribution is -2.37. The van der Waals surface area contributed by atoms with Gasteiger partial charge in [0.05, 0.1) is 23.9 Å². The van der Waals surface area contributed by atoms with Crippen molar-refractivity contribution in [2.45, 2.75) is 70.1 Å². The Morgan fingerprint density at radius 2 is 1.75 bits per heavy atom. The summed E-state index contributed by atoms with van der Waals surface area (Å²) in [5.41, 5.74) is 1.56. The molecule has 1 N–H and O–H groups in total. The molecule has 6 heteroatoms. The number of aromatic nitrogens is 2. The fourth-order valence-electron chi connectivity index (χ4n) is 4.18. The van der Waals surface area contributed by atoms with Crippen molar-refractivity contribution in [3.8, 4) is 0 Å². The van der Waals surface area contributed by atoms with E-state index in [0.29, 0.717) is 24.1 Å². The molecule has 0 bridgehead atoms. The van der Waals surface area contributed by atoms with Crippen molar-refractivity contribution >= 4 is 11.9 Å². The average Bonchev–Trinajstić information content (AvgIpc) is 2.78. The first-order chi connectivity index (χ1) is 11.7. The van der Waals surface area contributed by atoms with E-state index in [1.165, 1.54) is 25.7 Å². The molecule has 1 aromatic rings. The van der Waals surface area contributed by atoms with Crippen LogP contribution in [0.3, 0.4) is 0 Å². The number of nitrogens with zero attached hydrogens (tertiary/aromatic N) is 4. The van der Waals surface area contributed by atoms with Crippen molar-refractivity contribution < 1.29 is 9.90 Å². The van der Waals surface area contributed by atoms with Gasteiger partial charge in [0.25, 0.3) is 5.91 Å². The zero-order chi connectivity index (χ0) is 16.5. The summed E-state index contributed by atoms with van der Waals surface area (Å²) >= 11 is 0. The minimum absolute atomic E-state index is 0.109. The second-order valence-corrected chi connectivity index (χ2v) is 7.33.